The van der Waals surface area contributed by atoms with Crippen LogP contribution in [0.3, 0.4) is 0 Å². The van der Waals surface area contributed by atoms with Crippen LogP contribution in [0.5, 0.6) is 0 Å². The molecule has 0 saturated heterocycles. The Hall–Kier alpha value is -2.07. The molecule has 2 nitrogen and oxygen atoms in total. The Bertz CT molecular complexity index is 766. The number of aromatic nitrogens is 1. The fourth-order valence-electron chi connectivity index (χ4n) is 2.24. The minimum absolute atomic E-state index is 0. The van der Waals surface area contributed by atoms with E-state index in [1.54, 1.807) is 0 Å². The van der Waals surface area contributed by atoms with E-state index in [1.807, 2.05) is 47.2 Å². The van der Waals surface area contributed by atoms with Crippen LogP contribution in [0.2, 0.25) is 0 Å². The van der Waals surface area contributed by atoms with Crippen molar-refractivity contribution in [1.82, 2.24) is 0 Å². The summed E-state index contributed by atoms with van der Waals surface area (Å²) in [6, 6.07) is 17.5. The van der Waals surface area contributed by atoms with Gasteiger partial charge in [-0.15, -0.1) is 17.0 Å². The van der Waals surface area contributed by atoms with Crippen LogP contribution < -0.4 is 4.57 Å². The zero-order chi connectivity index (χ0) is 13.9. The quantitative estimate of drug-likeness (QED) is 0.523. The van der Waals surface area contributed by atoms with E-state index in [0.29, 0.717) is 5.56 Å². The van der Waals surface area contributed by atoms with Crippen molar-refractivity contribution < 1.29 is 13.8 Å². The average Bonchev–Trinajstić information content (AvgIpc) is 2.48. The molecule has 0 fully saturated rings. The van der Waals surface area contributed by atoms with Gasteiger partial charge in [0.2, 0.25) is 17.8 Å². The van der Waals surface area contributed by atoms with E-state index >= 15 is 0 Å². The number of rotatable bonds is 3. The van der Waals surface area contributed by atoms with Crippen molar-refractivity contribution in [3.05, 3.63) is 78.2 Å². The van der Waals surface area contributed by atoms with Crippen molar-refractivity contribution in [3.8, 4) is 0 Å². The molecule has 2 aromatic carbocycles. The molecule has 0 atom stereocenters. The predicted molar refractivity (Wildman–Crippen MR) is 85.2 cm³/mol. The number of ketones is 1. The van der Waals surface area contributed by atoms with E-state index in [4.69, 9.17) is 0 Å². The van der Waals surface area contributed by atoms with Crippen LogP contribution in [0.25, 0.3) is 10.9 Å². The second kappa shape index (κ2) is 6.59. The first-order chi connectivity index (χ1) is 9.74. The van der Waals surface area contributed by atoms with E-state index in [2.05, 4.69) is 0 Å². The number of carbonyl (C=O) groups is 1. The van der Waals surface area contributed by atoms with Gasteiger partial charge in [-0.3, -0.25) is 4.79 Å². The van der Waals surface area contributed by atoms with Gasteiger partial charge in [0.05, 0.1) is 0 Å². The Morgan fingerprint density at radius 2 is 1.62 bits per heavy atom. The monoisotopic (exact) mass is 346 g/mol. The third kappa shape index (κ3) is 3.34. The third-order valence-corrected chi connectivity index (χ3v) is 3.27. The second-order valence-corrected chi connectivity index (χ2v) is 4.62. The number of fused-ring (bicyclic) bond motifs is 1. The molecule has 0 N–H and O–H groups in total. The van der Waals surface area contributed by atoms with Gasteiger partial charge in [-0.25, -0.2) is 4.39 Å². The molecule has 3 aromatic rings. The summed E-state index contributed by atoms with van der Waals surface area (Å²) in [6.45, 7) is 0.243. The minimum atomic E-state index is -0.334. The summed E-state index contributed by atoms with van der Waals surface area (Å²) in [6.07, 6.45) is 1.88. The summed E-state index contributed by atoms with van der Waals surface area (Å²) in [4.78, 5) is 12.2. The first kappa shape index (κ1) is 15.3. The van der Waals surface area contributed by atoms with Crippen LogP contribution in [0, 0.1) is 5.82 Å². The van der Waals surface area contributed by atoms with Crippen molar-refractivity contribution in [1.29, 1.82) is 0 Å². The molecule has 0 spiro atoms. The SMILES string of the molecule is Br.O=C(C[n+]1cccc2ccccc21)c1ccc(F)cc1. The molecule has 1 heterocycles. The number of carbonyl (C=O) groups excluding carboxylic acids is 1. The normalized spacial score (nSPS) is 10.1. The molecule has 1 aromatic heterocycles. The molecule has 0 amide bonds. The van der Waals surface area contributed by atoms with Crippen LogP contribution in [0.1, 0.15) is 10.4 Å². The van der Waals surface area contributed by atoms with E-state index in [1.165, 1.54) is 24.3 Å². The number of halogens is 2. The lowest BCUT2D eigenvalue weighted by Gasteiger charge is -2.01. The molecule has 0 bridgehead atoms. The molecule has 106 valence electrons. The highest BCUT2D eigenvalue weighted by Gasteiger charge is 2.14. The smallest absolute Gasteiger partial charge is 0.227 e. The van der Waals surface area contributed by atoms with Crippen LogP contribution in [-0.2, 0) is 6.54 Å². The van der Waals surface area contributed by atoms with Crippen molar-refractivity contribution in [3.63, 3.8) is 0 Å². The Morgan fingerprint density at radius 1 is 0.952 bits per heavy atom. The highest BCUT2D eigenvalue weighted by Crippen LogP contribution is 2.09. The topological polar surface area (TPSA) is 20.9 Å². The fourth-order valence-corrected chi connectivity index (χ4v) is 2.24. The van der Waals surface area contributed by atoms with Gasteiger partial charge in [0.15, 0.2) is 6.20 Å². The Kier molecular flexibility index (Phi) is 4.81. The molecule has 0 saturated carbocycles. The molecule has 0 aliphatic rings. The molecule has 0 aliphatic carbocycles. The maximum atomic E-state index is 12.9. The van der Waals surface area contributed by atoms with E-state index < -0.39 is 0 Å². The maximum Gasteiger partial charge on any atom is 0.227 e. The zero-order valence-electron chi connectivity index (χ0n) is 11.2. The zero-order valence-corrected chi connectivity index (χ0v) is 12.9. The van der Waals surface area contributed by atoms with E-state index in [0.717, 1.165) is 10.9 Å². The number of para-hydroxylation sites is 1. The lowest BCUT2D eigenvalue weighted by molar-refractivity contribution is -0.657. The molecule has 0 radical (unpaired) electrons. The van der Waals surface area contributed by atoms with Gasteiger partial charge in [0.1, 0.15) is 5.82 Å². The first-order valence-corrected chi connectivity index (χ1v) is 6.40. The molecule has 3 rings (SSSR count). The molecule has 4 heteroatoms. The highest BCUT2D eigenvalue weighted by atomic mass is 79.9. The molecule has 0 aliphatic heterocycles. The highest BCUT2D eigenvalue weighted by molar-refractivity contribution is 8.93. The fraction of sp³-hybridized carbons (Fsp3) is 0.0588. The van der Waals surface area contributed by atoms with Crippen LogP contribution in [-0.4, -0.2) is 5.78 Å². The third-order valence-electron chi connectivity index (χ3n) is 3.27. The number of hydrogen-bond acceptors (Lipinski definition) is 1. The number of benzene rings is 2. The van der Waals surface area contributed by atoms with E-state index in [-0.39, 0.29) is 35.1 Å². The Balaban J connectivity index is 0.00000161. The van der Waals surface area contributed by atoms with Crippen LogP contribution in [0.4, 0.5) is 4.39 Å². The maximum absolute atomic E-state index is 12.9. The average molecular weight is 347 g/mol. The predicted octanol–water partition coefficient (Wildman–Crippen LogP) is 3.73. The van der Waals surface area contributed by atoms with Crippen molar-refractivity contribution in [2.75, 3.05) is 0 Å². The van der Waals surface area contributed by atoms with Gasteiger partial charge in [0.25, 0.3) is 0 Å². The standard InChI is InChI=1S/C17H13FNO.BrH/c18-15-9-7-14(8-10-15)17(20)12-19-11-3-5-13-4-1-2-6-16(13)19;/h1-11H,12H2;1H/q+1;. The number of nitrogens with zero attached hydrogens (tertiary/aromatic N) is 1. The molecular weight excluding hydrogens is 333 g/mol. The van der Waals surface area contributed by atoms with Crippen LogP contribution >= 0.6 is 17.0 Å². The largest absolute Gasteiger partial charge is 0.287 e. The van der Waals surface area contributed by atoms with Gasteiger partial charge in [0, 0.05) is 23.1 Å². The Morgan fingerprint density at radius 3 is 2.38 bits per heavy atom. The number of Topliss-reactive ketones (excluding diaryl/α,β-unsaturated/α-hetero) is 1. The lowest BCUT2D eigenvalue weighted by Crippen LogP contribution is -2.38. The van der Waals surface area contributed by atoms with Gasteiger partial charge < -0.3 is 0 Å². The number of hydrogen-bond donors (Lipinski definition) is 0. The van der Waals surface area contributed by atoms with Gasteiger partial charge in [-0.2, -0.15) is 4.57 Å². The van der Waals surface area contributed by atoms with Crippen molar-refractivity contribution in [2.45, 2.75) is 6.54 Å². The summed E-state index contributed by atoms with van der Waals surface area (Å²) >= 11 is 0. The summed E-state index contributed by atoms with van der Waals surface area (Å²) in [5.41, 5.74) is 1.53. The summed E-state index contributed by atoms with van der Waals surface area (Å²) in [7, 11) is 0. The summed E-state index contributed by atoms with van der Waals surface area (Å²) in [5, 5.41) is 1.09. The second-order valence-electron chi connectivity index (χ2n) is 4.62. The molecule has 0 unspecified atom stereocenters. The van der Waals surface area contributed by atoms with Crippen LogP contribution in [0.15, 0.2) is 66.9 Å². The summed E-state index contributed by atoms with van der Waals surface area (Å²) < 4.78 is 14.8. The molecule has 21 heavy (non-hydrogen) atoms. The van der Waals surface area contributed by atoms with Gasteiger partial charge >= 0.3 is 0 Å². The van der Waals surface area contributed by atoms with Gasteiger partial charge in [-0.1, -0.05) is 12.1 Å². The minimum Gasteiger partial charge on any atom is -0.287 e. The van der Waals surface area contributed by atoms with E-state index in [9.17, 15) is 9.18 Å². The van der Waals surface area contributed by atoms with Gasteiger partial charge in [-0.05, 0) is 36.4 Å². The lowest BCUT2D eigenvalue weighted by atomic mass is 10.1. The number of pyridine rings is 1. The van der Waals surface area contributed by atoms with Crippen molar-refractivity contribution >= 4 is 33.7 Å². The van der Waals surface area contributed by atoms with Crippen molar-refractivity contribution in [2.24, 2.45) is 0 Å². The first-order valence-electron chi connectivity index (χ1n) is 6.40. The summed E-state index contributed by atoms with van der Waals surface area (Å²) in [5.74, 6) is -0.370. The molecular formula is C17H14BrFNO+. The Labute approximate surface area is 132 Å².